The number of nitrogens with two attached hydrogens (primary N) is 1. The Bertz CT molecular complexity index is 371. The normalized spacial score (nSPS) is 13.4. The molecular weight excluding hydrogens is 216 g/mol. The van der Waals surface area contributed by atoms with E-state index < -0.39 is 0 Å². The molecule has 1 aromatic heterocycles. The molecule has 4 N–H and O–H groups in total. The van der Waals surface area contributed by atoms with Crippen molar-refractivity contribution in [3.05, 3.63) is 5.69 Å². The van der Waals surface area contributed by atoms with E-state index in [1.807, 2.05) is 7.05 Å². The number of anilines is 2. The van der Waals surface area contributed by atoms with Crippen LogP contribution >= 0.6 is 0 Å². The fourth-order valence-corrected chi connectivity index (χ4v) is 1.76. The van der Waals surface area contributed by atoms with Gasteiger partial charge in [-0.05, 0) is 11.8 Å². The van der Waals surface area contributed by atoms with Gasteiger partial charge in [0, 0.05) is 7.05 Å². The molecule has 0 bridgehead atoms. The predicted molar refractivity (Wildman–Crippen MR) is 71.0 cm³/mol. The SMILES string of the molecule is CC(C)c1nn(C)c(NC(CO)C(C)C)c1N. The molecule has 1 aromatic rings. The number of rotatable bonds is 5. The largest absolute Gasteiger partial charge is 0.394 e. The maximum Gasteiger partial charge on any atom is 0.148 e. The van der Waals surface area contributed by atoms with Crippen molar-refractivity contribution in [2.24, 2.45) is 13.0 Å². The summed E-state index contributed by atoms with van der Waals surface area (Å²) < 4.78 is 1.75. The first-order valence-electron chi connectivity index (χ1n) is 6.08. The molecular formula is C12H24N4O. The van der Waals surface area contributed by atoms with Crippen LogP contribution in [0.3, 0.4) is 0 Å². The minimum absolute atomic E-state index is 0.00675. The molecule has 1 rings (SSSR count). The smallest absolute Gasteiger partial charge is 0.148 e. The summed E-state index contributed by atoms with van der Waals surface area (Å²) in [7, 11) is 1.86. The molecule has 1 atom stereocenters. The number of aromatic nitrogens is 2. The molecule has 5 heteroatoms. The fraction of sp³-hybridized carbons (Fsp3) is 0.750. The standard InChI is InChI=1S/C12H24N4O/c1-7(2)9(6-17)14-12-10(13)11(8(3)4)15-16(12)5/h7-9,14,17H,6,13H2,1-5H3. The Kier molecular flexibility index (Phi) is 4.40. The van der Waals surface area contributed by atoms with E-state index in [0.717, 1.165) is 11.5 Å². The van der Waals surface area contributed by atoms with E-state index in [-0.39, 0.29) is 12.6 Å². The summed E-state index contributed by atoms with van der Waals surface area (Å²) in [4.78, 5) is 0. The molecule has 0 fully saturated rings. The molecule has 0 radical (unpaired) electrons. The minimum Gasteiger partial charge on any atom is -0.394 e. The number of nitrogen functional groups attached to an aromatic ring is 1. The lowest BCUT2D eigenvalue weighted by atomic mass is 10.1. The average molecular weight is 240 g/mol. The van der Waals surface area contributed by atoms with Gasteiger partial charge in [0.25, 0.3) is 0 Å². The Morgan fingerprint density at radius 2 is 1.94 bits per heavy atom. The van der Waals surface area contributed by atoms with Crippen LogP contribution < -0.4 is 11.1 Å². The maximum absolute atomic E-state index is 9.32. The highest BCUT2D eigenvalue weighted by molar-refractivity contribution is 5.66. The number of aliphatic hydroxyl groups excluding tert-OH is 1. The lowest BCUT2D eigenvalue weighted by Gasteiger charge is -2.21. The van der Waals surface area contributed by atoms with E-state index in [2.05, 4.69) is 38.1 Å². The van der Waals surface area contributed by atoms with Crippen LogP contribution in [0, 0.1) is 5.92 Å². The van der Waals surface area contributed by atoms with Gasteiger partial charge >= 0.3 is 0 Å². The molecule has 0 aliphatic carbocycles. The van der Waals surface area contributed by atoms with E-state index in [1.165, 1.54) is 0 Å². The Labute approximate surface area is 103 Å². The van der Waals surface area contributed by atoms with E-state index in [0.29, 0.717) is 17.5 Å². The zero-order valence-corrected chi connectivity index (χ0v) is 11.4. The Hall–Kier alpha value is -1.23. The quantitative estimate of drug-likeness (QED) is 0.730. The van der Waals surface area contributed by atoms with Gasteiger partial charge < -0.3 is 16.2 Å². The first kappa shape index (κ1) is 13.8. The number of hydrogen-bond acceptors (Lipinski definition) is 4. The average Bonchev–Trinajstić information content (AvgIpc) is 2.51. The molecule has 0 aliphatic rings. The van der Waals surface area contributed by atoms with Crippen molar-refractivity contribution < 1.29 is 5.11 Å². The van der Waals surface area contributed by atoms with Crippen LogP contribution in [0.4, 0.5) is 11.5 Å². The highest BCUT2D eigenvalue weighted by atomic mass is 16.3. The molecule has 0 spiro atoms. The highest BCUT2D eigenvalue weighted by Gasteiger charge is 2.19. The van der Waals surface area contributed by atoms with Gasteiger partial charge in [-0.3, -0.25) is 4.68 Å². The summed E-state index contributed by atoms with van der Waals surface area (Å²) >= 11 is 0. The van der Waals surface area contributed by atoms with Crippen molar-refractivity contribution in [1.29, 1.82) is 0 Å². The number of aryl methyl sites for hydroxylation is 1. The molecule has 0 aliphatic heterocycles. The predicted octanol–water partition coefficient (Wildman–Crippen LogP) is 1.55. The maximum atomic E-state index is 9.32. The van der Waals surface area contributed by atoms with E-state index >= 15 is 0 Å². The minimum atomic E-state index is -0.00675. The van der Waals surface area contributed by atoms with E-state index in [4.69, 9.17) is 5.73 Å². The summed E-state index contributed by atoms with van der Waals surface area (Å²) in [6.07, 6.45) is 0. The van der Waals surface area contributed by atoms with Crippen molar-refractivity contribution in [3.63, 3.8) is 0 Å². The molecule has 17 heavy (non-hydrogen) atoms. The fourth-order valence-electron chi connectivity index (χ4n) is 1.76. The van der Waals surface area contributed by atoms with Crippen LogP contribution in [0.15, 0.2) is 0 Å². The van der Waals surface area contributed by atoms with Crippen LogP contribution in [-0.2, 0) is 7.05 Å². The summed E-state index contributed by atoms with van der Waals surface area (Å²) in [6.45, 7) is 8.33. The Morgan fingerprint density at radius 3 is 2.29 bits per heavy atom. The Morgan fingerprint density at radius 1 is 1.35 bits per heavy atom. The highest BCUT2D eigenvalue weighted by Crippen LogP contribution is 2.28. The van der Waals surface area contributed by atoms with Crippen LogP contribution in [-0.4, -0.2) is 27.5 Å². The van der Waals surface area contributed by atoms with Gasteiger partial charge in [-0.15, -0.1) is 0 Å². The zero-order valence-electron chi connectivity index (χ0n) is 11.4. The monoisotopic (exact) mass is 240 g/mol. The molecule has 0 aromatic carbocycles. The van der Waals surface area contributed by atoms with Crippen LogP contribution in [0.1, 0.15) is 39.3 Å². The van der Waals surface area contributed by atoms with Crippen LogP contribution in [0.25, 0.3) is 0 Å². The molecule has 1 unspecified atom stereocenters. The van der Waals surface area contributed by atoms with Crippen molar-refractivity contribution in [2.75, 3.05) is 17.7 Å². The van der Waals surface area contributed by atoms with Gasteiger partial charge in [-0.25, -0.2) is 0 Å². The van der Waals surface area contributed by atoms with Crippen molar-refractivity contribution in [3.8, 4) is 0 Å². The molecule has 1 heterocycles. The summed E-state index contributed by atoms with van der Waals surface area (Å²) in [6, 6.07) is -0.00675. The first-order valence-corrected chi connectivity index (χ1v) is 6.08. The second-order valence-electron chi connectivity index (χ2n) is 5.10. The third-order valence-electron chi connectivity index (χ3n) is 2.98. The molecule has 98 valence electrons. The van der Waals surface area contributed by atoms with Crippen LogP contribution in [0.5, 0.6) is 0 Å². The third-order valence-corrected chi connectivity index (χ3v) is 2.98. The Balaban J connectivity index is 2.98. The second-order valence-corrected chi connectivity index (χ2v) is 5.10. The molecule has 0 amide bonds. The number of hydrogen-bond donors (Lipinski definition) is 3. The number of aliphatic hydroxyl groups is 1. The van der Waals surface area contributed by atoms with E-state index in [9.17, 15) is 5.11 Å². The summed E-state index contributed by atoms with van der Waals surface area (Å²) in [5.41, 5.74) is 7.66. The van der Waals surface area contributed by atoms with Crippen molar-refractivity contribution >= 4 is 11.5 Å². The number of nitrogens with one attached hydrogen (secondary N) is 1. The van der Waals surface area contributed by atoms with Gasteiger partial charge in [0.2, 0.25) is 0 Å². The van der Waals surface area contributed by atoms with Crippen LogP contribution in [0.2, 0.25) is 0 Å². The van der Waals surface area contributed by atoms with Gasteiger partial charge in [-0.2, -0.15) is 5.10 Å². The third kappa shape index (κ3) is 2.91. The summed E-state index contributed by atoms with van der Waals surface area (Å²) in [5.74, 6) is 1.42. The van der Waals surface area contributed by atoms with Gasteiger partial charge in [-0.1, -0.05) is 27.7 Å². The van der Waals surface area contributed by atoms with Gasteiger partial charge in [0.15, 0.2) is 0 Å². The van der Waals surface area contributed by atoms with Crippen molar-refractivity contribution in [2.45, 2.75) is 39.7 Å². The van der Waals surface area contributed by atoms with E-state index in [1.54, 1.807) is 4.68 Å². The van der Waals surface area contributed by atoms with Gasteiger partial charge in [0.05, 0.1) is 24.0 Å². The lowest BCUT2D eigenvalue weighted by Crippen LogP contribution is -2.30. The molecule has 0 saturated carbocycles. The zero-order chi connectivity index (χ0) is 13.2. The van der Waals surface area contributed by atoms with Crippen molar-refractivity contribution in [1.82, 2.24) is 9.78 Å². The first-order chi connectivity index (χ1) is 7.88. The lowest BCUT2D eigenvalue weighted by molar-refractivity contribution is 0.248. The topological polar surface area (TPSA) is 76.1 Å². The second kappa shape index (κ2) is 5.40. The molecule has 0 saturated heterocycles. The number of nitrogens with zero attached hydrogens (tertiary/aromatic N) is 2. The van der Waals surface area contributed by atoms with Gasteiger partial charge in [0.1, 0.15) is 5.82 Å². The molecule has 5 nitrogen and oxygen atoms in total. The summed E-state index contributed by atoms with van der Waals surface area (Å²) in [5, 5.41) is 17.0.